The Morgan fingerprint density at radius 3 is 2.54 bits per heavy atom. The van der Waals surface area contributed by atoms with Crippen molar-refractivity contribution in [2.24, 2.45) is 0 Å². The maximum absolute atomic E-state index is 6.10. The second-order valence-corrected chi connectivity index (χ2v) is 6.56. The lowest BCUT2D eigenvalue weighted by Gasteiger charge is -2.23. The van der Waals surface area contributed by atoms with E-state index in [1.807, 2.05) is 26.0 Å². The van der Waals surface area contributed by atoms with Gasteiger partial charge in [0, 0.05) is 18.8 Å². The zero-order valence-electron chi connectivity index (χ0n) is 15.4. The fourth-order valence-corrected chi connectivity index (χ4v) is 2.88. The fourth-order valence-electron chi connectivity index (χ4n) is 2.88. The number of nitrogens with two attached hydrogens (primary N) is 1. The first-order valence-electron chi connectivity index (χ1n) is 8.86. The average molecular weight is 326 g/mol. The van der Waals surface area contributed by atoms with Crippen molar-refractivity contribution in [2.45, 2.75) is 46.6 Å². The lowest BCUT2D eigenvalue weighted by atomic mass is 10.1. The number of hydrogen-bond donors (Lipinski definition) is 1. The molecule has 2 aromatic carbocycles. The van der Waals surface area contributed by atoms with Crippen LogP contribution in [-0.2, 0) is 6.42 Å². The molecule has 3 nitrogen and oxygen atoms in total. The van der Waals surface area contributed by atoms with E-state index < -0.39 is 0 Å². The Hall–Kier alpha value is -2.16. The molecule has 0 saturated heterocycles. The van der Waals surface area contributed by atoms with E-state index in [4.69, 9.17) is 10.5 Å². The summed E-state index contributed by atoms with van der Waals surface area (Å²) in [6, 6.07) is 14.9. The third-order valence-electron chi connectivity index (χ3n) is 4.08. The van der Waals surface area contributed by atoms with Gasteiger partial charge in [0.1, 0.15) is 5.75 Å². The number of rotatable bonds is 8. The molecule has 0 saturated carbocycles. The Morgan fingerprint density at radius 2 is 1.92 bits per heavy atom. The second kappa shape index (κ2) is 8.62. The van der Waals surface area contributed by atoms with E-state index >= 15 is 0 Å². The van der Waals surface area contributed by atoms with Crippen molar-refractivity contribution in [3.8, 4) is 5.75 Å². The van der Waals surface area contributed by atoms with E-state index in [-0.39, 0.29) is 6.10 Å². The molecule has 3 heteroatoms. The van der Waals surface area contributed by atoms with Crippen LogP contribution in [0.3, 0.4) is 0 Å². The smallest absolute Gasteiger partial charge is 0.142 e. The topological polar surface area (TPSA) is 38.5 Å². The Kier molecular flexibility index (Phi) is 6.53. The van der Waals surface area contributed by atoms with Crippen LogP contribution in [0.5, 0.6) is 5.75 Å². The first-order chi connectivity index (χ1) is 11.5. The van der Waals surface area contributed by atoms with Crippen molar-refractivity contribution >= 4 is 11.4 Å². The van der Waals surface area contributed by atoms with Crippen LogP contribution in [-0.4, -0.2) is 19.2 Å². The highest BCUT2D eigenvalue weighted by Crippen LogP contribution is 2.24. The Balaban J connectivity index is 1.92. The molecule has 0 fully saturated rings. The van der Waals surface area contributed by atoms with Crippen LogP contribution < -0.4 is 15.4 Å². The van der Waals surface area contributed by atoms with E-state index in [1.165, 1.54) is 16.8 Å². The molecule has 0 bridgehead atoms. The van der Waals surface area contributed by atoms with E-state index in [0.29, 0.717) is 0 Å². The first-order valence-corrected chi connectivity index (χ1v) is 8.86. The summed E-state index contributed by atoms with van der Waals surface area (Å²) in [6.45, 7) is 10.4. The molecule has 0 aromatic heterocycles. The monoisotopic (exact) mass is 326 g/mol. The summed E-state index contributed by atoms with van der Waals surface area (Å²) >= 11 is 0. The highest BCUT2D eigenvalue weighted by Gasteiger charge is 2.07. The first kappa shape index (κ1) is 18.2. The third-order valence-corrected chi connectivity index (χ3v) is 4.08. The molecule has 0 heterocycles. The number of nitrogens with zero attached hydrogens (tertiary/aromatic N) is 1. The van der Waals surface area contributed by atoms with Crippen LogP contribution in [0.4, 0.5) is 11.4 Å². The number of anilines is 2. The summed E-state index contributed by atoms with van der Waals surface area (Å²) in [6.07, 6.45) is 2.27. The van der Waals surface area contributed by atoms with Crippen LogP contribution in [0.25, 0.3) is 0 Å². The van der Waals surface area contributed by atoms with Crippen LogP contribution in [0, 0.1) is 6.92 Å². The Morgan fingerprint density at radius 1 is 1.12 bits per heavy atom. The predicted octanol–water partition coefficient (Wildman–Crippen LogP) is 4.82. The van der Waals surface area contributed by atoms with Crippen molar-refractivity contribution in [1.29, 1.82) is 0 Å². The van der Waals surface area contributed by atoms with Crippen molar-refractivity contribution in [3.05, 3.63) is 53.6 Å². The summed E-state index contributed by atoms with van der Waals surface area (Å²) in [4.78, 5) is 2.42. The average Bonchev–Trinajstić information content (AvgIpc) is 2.53. The van der Waals surface area contributed by atoms with Gasteiger partial charge >= 0.3 is 0 Å². The molecule has 0 aliphatic rings. The van der Waals surface area contributed by atoms with Gasteiger partial charge in [0.15, 0.2) is 0 Å². The minimum absolute atomic E-state index is 0.144. The second-order valence-electron chi connectivity index (χ2n) is 6.56. The molecule has 0 aliphatic carbocycles. The van der Waals surface area contributed by atoms with E-state index in [9.17, 15) is 0 Å². The van der Waals surface area contributed by atoms with E-state index in [0.717, 1.165) is 37.4 Å². The van der Waals surface area contributed by atoms with E-state index in [1.54, 1.807) is 0 Å². The van der Waals surface area contributed by atoms with Crippen LogP contribution in [0.2, 0.25) is 0 Å². The van der Waals surface area contributed by atoms with Gasteiger partial charge in [-0.15, -0.1) is 0 Å². The van der Waals surface area contributed by atoms with Gasteiger partial charge in [0.25, 0.3) is 0 Å². The Bertz CT molecular complexity index is 652. The highest BCUT2D eigenvalue weighted by molar-refractivity contribution is 5.54. The molecule has 0 aliphatic heterocycles. The Labute approximate surface area is 146 Å². The molecule has 0 unspecified atom stereocenters. The van der Waals surface area contributed by atoms with Gasteiger partial charge in [-0.05, 0) is 75.9 Å². The molecule has 0 spiro atoms. The van der Waals surface area contributed by atoms with Gasteiger partial charge < -0.3 is 15.4 Å². The largest absolute Gasteiger partial charge is 0.489 e. The summed E-state index contributed by atoms with van der Waals surface area (Å²) in [5, 5.41) is 0. The zero-order valence-corrected chi connectivity index (χ0v) is 15.4. The minimum Gasteiger partial charge on any atom is -0.489 e. The maximum Gasteiger partial charge on any atom is 0.142 e. The summed E-state index contributed by atoms with van der Waals surface area (Å²) in [7, 11) is 0. The molecule has 130 valence electrons. The van der Waals surface area contributed by atoms with Crippen molar-refractivity contribution in [1.82, 2.24) is 0 Å². The summed E-state index contributed by atoms with van der Waals surface area (Å²) in [5.74, 6) is 0.781. The van der Waals surface area contributed by atoms with Gasteiger partial charge in [-0.3, -0.25) is 0 Å². The predicted molar refractivity (Wildman–Crippen MR) is 104 cm³/mol. The van der Waals surface area contributed by atoms with Crippen molar-refractivity contribution in [2.75, 3.05) is 23.7 Å². The number of aryl methyl sites for hydroxylation is 2. The third kappa shape index (κ3) is 5.19. The van der Waals surface area contributed by atoms with Gasteiger partial charge in [0.05, 0.1) is 11.8 Å². The SMILES string of the molecule is CCN(CCCc1ccc(OC(C)C)c(N)c1)c1cccc(C)c1. The molecular weight excluding hydrogens is 296 g/mol. The molecule has 0 amide bonds. The van der Waals surface area contributed by atoms with Crippen molar-refractivity contribution < 1.29 is 4.74 Å². The molecule has 2 aromatic rings. The number of nitrogen functional groups attached to an aromatic ring is 1. The molecule has 2 N–H and O–H groups in total. The fraction of sp³-hybridized carbons (Fsp3) is 0.429. The van der Waals surface area contributed by atoms with Crippen LogP contribution in [0.15, 0.2) is 42.5 Å². The maximum atomic E-state index is 6.10. The molecule has 0 atom stereocenters. The van der Waals surface area contributed by atoms with Crippen LogP contribution >= 0.6 is 0 Å². The van der Waals surface area contributed by atoms with Gasteiger partial charge in [-0.25, -0.2) is 0 Å². The molecular formula is C21H30N2O. The quantitative estimate of drug-likeness (QED) is 0.707. The highest BCUT2D eigenvalue weighted by atomic mass is 16.5. The van der Waals surface area contributed by atoms with Gasteiger partial charge in [-0.1, -0.05) is 18.2 Å². The van der Waals surface area contributed by atoms with Gasteiger partial charge in [-0.2, -0.15) is 0 Å². The van der Waals surface area contributed by atoms with Crippen LogP contribution in [0.1, 0.15) is 38.3 Å². The zero-order chi connectivity index (χ0) is 17.5. The molecule has 0 radical (unpaired) electrons. The summed E-state index contributed by atoms with van der Waals surface area (Å²) in [5.41, 5.74) is 10.7. The standard InChI is InChI=1S/C21H30N2O/c1-5-23(19-10-6-8-17(4)14-19)13-7-9-18-11-12-21(20(22)15-18)24-16(2)3/h6,8,10-12,14-16H,5,7,9,13,22H2,1-4H3. The molecule has 2 rings (SSSR count). The number of ether oxygens (including phenoxy) is 1. The van der Waals surface area contributed by atoms with Crippen molar-refractivity contribution in [3.63, 3.8) is 0 Å². The number of hydrogen-bond acceptors (Lipinski definition) is 3. The normalized spacial score (nSPS) is 10.9. The van der Waals surface area contributed by atoms with Gasteiger partial charge in [0.2, 0.25) is 0 Å². The lowest BCUT2D eigenvalue weighted by molar-refractivity contribution is 0.244. The minimum atomic E-state index is 0.144. The lowest BCUT2D eigenvalue weighted by Crippen LogP contribution is -2.24. The summed E-state index contributed by atoms with van der Waals surface area (Å²) < 4.78 is 5.70. The number of benzene rings is 2. The molecule has 24 heavy (non-hydrogen) atoms. The van der Waals surface area contributed by atoms with E-state index in [2.05, 4.69) is 49.1 Å².